The molecule has 0 unspecified atom stereocenters. The molecule has 282 valence electrons. The first-order valence-electron chi connectivity index (χ1n) is 17.9. The third kappa shape index (κ3) is 11.4. The zero-order valence-corrected chi connectivity index (χ0v) is 29.3. The lowest BCUT2D eigenvalue weighted by atomic mass is 9.91. The fourth-order valence-corrected chi connectivity index (χ4v) is 6.66. The molecular formula is C37H49F3N2O9. The summed E-state index contributed by atoms with van der Waals surface area (Å²) in [6, 6.07) is 5.22. The maximum absolute atomic E-state index is 14.0. The first-order chi connectivity index (χ1) is 24.4. The van der Waals surface area contributed by atoms with Crippen LogP contribution in [-0.4, -0.2) is 96.4 Å². The molecule has 1 aliphatic carbocycles. The van der Waals surface area contributed by atoms with E-state index in [-0.39, 0.29) is 37.0 Å². The Morgan fingerprint density at radius 3 is 2.35 bits per heavy atom. The molecule has 2 N–H and O–H groups in total. The Labute approximate surface area is 296 Å². The van der Waals surface area contributed by atoms with Gasteiger partial charge in [0.05, 0.1) is 12.2 Å². The Hall–Kier alpha value is -3.75. The van der Waals surface area contributed by atoms with Crippen molar-refractivity contribution in [3.63, 3.8) is 0 Å². The number of aliphatic hydroxyl groups excluding tert-OH is 1. The van der Waals surface area contributed by atoms with E-state index >= 15 is 0 Å². The maximum Gasteiger partial charge on any atom is 0.422 e. The molecule has 2 amide bonds. The summed E-state index contributed by atoms with van der Waals surface area (Å²) in [7, 11) is 0. The fraction of sp³-hybridized carbons (Fsp3) is 0.622. The number of aliphatic hydroxyl groups is 1. The highest BCUT2D eigenvalue weighted by Gasteiger charge is 2.53. The smallest absolute Gasteiger partial charge is 0.422 e. The molecule has 2 aliphatic heterocycles. The zero-order valence-electron chi connectivity index (χ0n) is 29.3. The van der Waals surface area contributed by atoms with Crippen molar-refractivity contribution in [1.29, 1.82) is 0 Å². The third-order valence-corrected chi connectivity index (χ3v) is 9.20. The number of nitrogens with one attached hydrogen (secondary N) is 1. The summed E-state index contributed by atoms with van der Waals surface area (Å²) in [5, 5.41) is 11.8. The van der Waals surface area contributed by atoms with Crippen LogP contribution >= 0.6 is 0 Å². The van der Waals surface area contributed by atoms with Crippen molar-refractivity contribution >= 4 is 29.8 Å². The SMILES string of the molecule is CCCCCC1(CCCCC)O[C@@H]2[C@@H](C=C(C(=O)N3CCC[C@@H]3C(=O)NCCO)C[C@H]2OC(=O)c2ccc(C=CC(=O)OCC(F)(F)F)cc2)O1. The molecule has 0 saturated carbocycles. The van der Waals surface area contributed by atoms with Crippen molar-refractivity contribution < 1.29 is 56.4 Å². The van der Waals surface area contributed by atoms with E-state index in [4.69, 9.17) is 19.3 Å². The largest absolute Gasteiger partial charge is 0.456 e. The molecule has 2 fully saturated rings. The van der Waals surface area contributed by atoms with Crippen molar-refractivity contribution in [2.45, 2.75) is 121 Å². The van der Waals surface area contributed by atoms with Crippen molar-refractivity contribution in [2.75, 3.05) is 26.3 Å². The monoisotopic (exact) mass is 722 g/mol. The van der Waals surface area contributed by atoms with Gasteiger partial charge in [0, 0.05) is 44.0 Å². The van der Waals surface area contributed by atoms with Crippen LogP contribution < -0.4 is 5.32 Å². The van der Waals surface area contributed by atoms with Gasteiger partial charge in [-0.2, -0.15) is 13.2 Å². The summed E-state index contributed by atoms with van der Waals surface area (Å²) in [6.07, 6.45) is 5.20. The molecule has 0 radical (unpaired) electrons. The lowest BCUT2D eigenvalue weighted by Crippen LogP contribution is -2.49. The molecule has 0 bridgehead atoms. The molecule has 3 aliphatic rings. The van der Waals surface area contributed by atoms with Gasteiger partial charge in [0.1, 0.15) is 24.4 Å². The van der Waals surface area contributed by atoms with Gasteiger partial charge in [-0.25, -0.2) is 9.59 Å². The summed E-state index contributed by atoms with van der Waals surface area (Å²) in [6.45, 7) is 2.77. The number of esters is 2. The minimum absolute atomic E-state index is 0.0391. The molecule has 11 nitrogen and oxygen atoms in total. The highest BCUT2D eigenvalue weighted by atomic mass is 19.4. The lowest BCUT2D eigenvalue weighted by Gasteiger charge is -2.33. The van der Waals surface area contributed by atoms with Gasteiger partial charge in [-0.15, -0.1) is 0 Å². The fourth-order valence-electron chi connectivity index (χ4n) is 6.66. The Morgan fingerprint density at radius 2 is 1.73 bits per heavy atom. The number of amides is 2. The molecule has 2 saturated heterocycles. The quantitative estimate of drug-likeness (QED) is 0.123. The van der Waals surface area contributed by atoms with E-state index in [1.807, 2.05) is 0 Å². The number of nitrogens with zero attached hydrogens (tertiary/aromatic N) is 1. The van der Waals surface area contributed by atoms with E-state index in [9.17, 15) is 32.3 Å². The molecule has 0 aromatic heterocycles. The van der Waals surface area contributed by atoms with E-state index in [2.05, 4.69) is 23.9 Å². The van der Waals surface area contributed by atoms with Gasteiger partial charge in [-0.05, 0) is 55.5 Å². The van der Waals surface area contributed by atoms with Crippen LogP contribution in [0.2, 0.25) is 0 Å². The van der Waals surface area contributed by atoms with E-state index in [1.54, 1.807) is 6.08 Å². The van der Waals surface area contributed by atoms with Crippen LogP contribution in [0, 0.1) is 0 Å². The number of likely N-dealkylation sites (tertiary alicyclic amines) is 1. The van der Waals surface area contributed by atoms with Gasteiger partial charge in [0.15, 0.2) is 12.4 Å². The van der Waals surface area contributed by atoms with Crippen molar-refractivity contribution in [3.8, 4) is 0 Å². The van der Waals surface area contributed by atoms with Crippen molar-refractivity contribution in [3.05, 3.63) is 53.1 Å². The molecule has 1 aromatic carbocycles. The van der Waals surface area contributed by atoms with E-state index in [0.717, 1.165) is 44.6 Å². The minimum Gasteiger partial charge on any atom is -0.456 e. The molecular weight excluding hydrogens is 673 g/mol. The number of ether oxygens (including phenoxy) is 4. The van der Waals surface area contributed by atoms with Crippen LogP contribution in [0.25, 0.3) is 6.08 Å². The number of carbonyl (C=O) groups excluding carboxylic acids is 4. The van der Waals surface area contributed by atoms with Crippen LogP contribution in [0.5, 0.6) is 0 Å². The number of hydrogen-bond donors (Lipinski definition) is 2. The van der Waals surface area contributed by atoms with Crippen molar-refractivity contribution in [1.82, 2.24) is 10.2 Å². The van der Waals surface area contributed by atoms with Crippen LogP contribution in [0.15, 0.2) is 42.0 Å². The number of fused-ring (bicyclic) bond motifs is 1. The normalized spacial score (nSPS) is 22.8. The number of rotatable bonds is 17. The van der Waals surface area contributed by atoms with Crippen LogP contribution in [0.1, 0.15) is 100 Å². The second kappa shape index (κ2) is 18.7. The summed E-state index contributed by atoms with van der Waals surface area (Å²) in [5.41, 5.74) is 0.959. The summed E-state index contributed by atoms with van der Waals surface area (Å²) in [5.74, 6) is -3.44. The van der Waals surface area contributed by atoms with Crippen LogP contribution in [-0.2, 0) is 33.3 Å². The molecule has 4 rings (SSSR count). The standard InChI is InChI=1S/C37H49F3N2O9/c1-3-5-7-17-36(18-8-6-4-2)50-30-23-27(34(46)42-20-9-10-28(42)33(45)41-19-21-43)22-29(32(30)51-36)49-35(47)26-14-11-25(12-15-26)13-16-31(44)48-24-37(38,39)40/h11-16,23,28-30,32,43H,3-10,17-22,24H2,1-2H3,(H,41,45)/t28-,29-,30-,32+/m1/s1. The lowest BCUT2D eigenvalue weighted by molar-refractivity contribution is -0.190. The summed E-state index contributed by atoms with van der Waals surface area (Å²) in [4.78, 5) is 53.5. The average Bonchev–Trinajstić information content (AvgIpc) is 3.74. The van der Waals surface area contributed by atoms with Gasteiger partial charge in [0.2, 0.25) is 11.8 Å². The van der Waals surface area contributed by atoms with Crippen LogP contribution in [0.3, 0.4) is 0 Å². The average molecular weight is 723 g/mol. The van der Waals surface area contributed by atoms with Crippen molar-refractivity contribution in [2.24, 2.45) is 0 Å². The van der Waals surface area contributed by atoms with Gasteiger partial charge < -0.3 is 34.3 Å². The van der Waals surface area contributed by atoms with E-state index in [1.165, 1.54) is 35.2 Å². The summed E-state index contributed by atoms with van der Waals surface area (Å²) >= 11 is 0. The molecule has 1 aromatic rings. The topological polar surface area (TPSA) is 141 Å². The van der Waals surface area contributed by atoms with E-state index < -0.39 is 54.9 Å². The van der Waals surface area contributed by atoms with Gasteiger partial charge >= 0.3 is 18.1 Å². The highest BCUT2D eigenvalue weighted by Crippen LogP contribution is 2.43. The molecule has 2 heterocycles. The van der Waals surface area contributed by atoms with Crippen LogP contribution in [0.4, 0.5) is 13.2 Å². The van der Waals surface area contributed by atoms with Gasteiger partial charge in [-0.3, -0.25) is 9.59 Å². The number of hydrogen-bond acceptors (Lipinski definition) is 9. The highest BCUT2D eigenvalue weighted by molar-refractivity contribution is 5.98. The Kier molecular flexibility index (Phi) is 14.6. The molecule has 51 heavy (non-hydrogen) atoms. The number of carbonyl (C=O) groups is 4. The Morgan fingerprint density at radius 1 is 1.04 bits per heavy atom. The summed E-state index contributed by atoms with van der Waals surface area (Å²) < 4.78 is 60.5. The third-order valence-electron chi connectivity index (χ3n) is 9.20. The minimum atomic E-state index is -4.64. The number of unbranched alkanes of at least 4 members (excludes halogenated alkanes) is 4. The second-order valence-corrected chi connectivity index (χ2v) is 13.2. The van der Waals surface area contributed by atoms with Gasteiger partial charge in [0.25, 0.3) is 0 Å². The number of benzene rings is 1. The predicted molar refractivity (Wildman–Crippen MR) is 180 cm³/mol. The first kappa shape index (κ1) is 40.0. The second-order valence-electron chi connectivity index (χ2n) is 13.2. The first-order valence-corrected chi connectivity index (χ1v) is 17.9. The number of alkyl halides is 3. The molecule has 0 spiro atoms. The number of halogens is 3. The predicted octanol–water partition coefficient (Wildman–Crippen LogP) is 5.40. The van der Waals surface area contributed by atoms with Gasteiger partial charge in [-0.1, -0.05) is 51.7 Å². The Bertz CT molecular complexity index is 1400. The zero-order chi connectivity index (χ0) is 37.0. The Balaban J connectivity index is 1.54. The molecule has 4 atom stereocenters. The maximum atomic E-state index is 14.0. The molecule has 14 heteroatoms. The van der Waals surface area contributed by atoms with E-state index in [0.29, 0.717) is 43.4 Å².